The first-order valence-electron chi connectivity index (χ1n) is 19.9. The van der Waals surface area contributed by atoms with Crippen LogP contribution in [0.2, 0.25) is 17.3 Å². The van der Waals surface area contributed by atoms with Crippen LogP contribution >= 0.6 is 0 Å². The van der Waals surface area contributed by atoms with Crippen LogP contribution in [0.3, 0.4) is 0 Å². The van der Waals surface area contributed by atoms with E-state index in [9.17, 15) is 4.39 Å². The molecule has 9 rings (SSSR count). The van der Waals surface area contributed by atoms with Crippen LogP contribution in [-0.2, 0) is 26.5 Å². The van der Waals surface area contributed by atoms with Crippen molar-refractivity contribution < 1.29 is 28.9 Å². The minimum atomic E-state index is -1.76. The fourth-order valence-electron chi connectivity index (χ4n) is 8.42. The molecule has 0 saturated heterocycles. The molecule has 0 bridgehead atoms. The average Bonchev–Trinajstić information content (AvgIpc) is 3.87. The van der Waals surface area contributed by atoms with Crippen LogP contribution in [0.4, 0.5) is 4.39 Å². The van der Waals surface area contributed by atoms with E-state index in [-0.39, 0.29) is 25.9 Å². The van der Waals surface area contributed by atoms with Gasteiger partial charge in [0.15, 0.2) is 0 Å². The van der Waals surface area contributed by atoms with Crippen LogP contribution in [-0.4, -0.2) is 23.2 Å². The summed E-state index contributed by atoms with van der Waals surface area (Å²) in [7, 11) is 0. The zero-order valence-electron chi connectivity index (χ0n) is 32.1. The van der Waals surface area contributed by atoms with Gasteiger partial charge in [0, 0.05) is 31.7 Å². The summed E-state index contributed by atoms with van der Waals surface area (Å²) < 4.78 is 21.3. The molecule has 1 radical (unpaired) electrons. The molecule has 3 heterocycles. The zero-order chi connectivity index (χ0) is 37.1. The van der Waals surface area contributed by atoms with Crippen molar-refractivity contribution in [3.05, 3.63) is 139 Å². The summed E-state index contributed by atoms with van der Waals surface area (Å²) in [6.45, 7) is 0. The fourth-order valence-corrected chi connectivity index (χ4v) is 10.6. The molecule has 0 N–H and O–H groups in total. The molecular formula is C49H49FGeIrN2O-2. The second-order valence-corrected chi connectivity index (χ2v) is 27.0. The largest absolute Gasteiger partial charge is 0 e. The molecule has 3 nitrogen and oxygen atoms in total. The first kappa shape index (κ1) is 39.3. The van der Waals surface area contributed by atoms with E-state index in [1.54, 1.807) is 0 Å². The number of halogens is 1. The summed E-state index contributed by atoms with van der Waals surface area (Å²) in [6, 6.07) is 38.9. The Morgan fingerprint density at radius 2 is 1.56 bits per heavy atom. The van der Waals surface area contributed by atoms with Gasteiger partial charge in [-0.25, -0.2) is 4.39 Å². The maximum absolute atomic E-state index is 13.5. The smallest absolute Gasteiger partial charge is 0 e. The summed E-state index contributed by atoms with van der Waals surface area (Å²) in [5.74, 6) is 8.52. The van der Waals surface area contributed by atoms with E-state index < -0.39 is 13.3 Å². The molecule has 2 saturated carbocycles. The third-order valence-corrected chi connectivity index (χ3v) is 15.8. The number of rotatable bonds is 7. The number of fused-ring (bicyclic) bond motifs is 3. The molecule has 6 heteroatoms. The summed E-state index contributed by atoms with van der Waals surface area (Å²) in [5.41, 5.74) is 10.3. The standard InChI is InChI=1S/C29H23FNO.C20H26GeN.Ir/c30-22-13-11-21(12-14-22)23-7-4-10-27-28(23)25-9-3-8-24(29(25)32-27)26-18-20(15-16-31-26)17-19-5-1-2-6-19;1-21(2,3)19-13-14-20(22-15-19)18-11-9-17(10-12-18)16-7-5-4-6-8-16;/h3-4,7,9-16,18-19H,1-2,5-6,17H2;9-11,13-16H,4-8H2,1-3H3;/q2*-1;. The molecular weight excluding hydrogens is 916 g/mol. The average molecular weight is 966 g/mol. The third kappa shape index (κ3) is 9.06. The van der Waals surface area contributed by atoms with Crippen LogP contribution in [0, 0.1) is 23.9 Å². The van der Waals surface area contributed by atoms with Gasteiger partial charge in [0.25, 0.3) is 0 Å². The van der Waals surface area contributed by atoms with E-state index in [0.29, 0.717) is 0 Å². The second-order valence-electron chi connectivity index (χ2n) is 16.3. The van der Waals surface area contributed by atoms with Gasteiger partial charge in [0.2, 0.25) is 0 Å². The zero-order valence-corrected chi connectivity index (χ0v) is 36.6. The maximum atomic E-state index is 13.5. The number of nitrogens with zero attached hydrogens (tertiary/aromatic N) is 2. The Balaban J connectivity index is 0.000000178. The molecule has 0 amide bonds. The monoisotopic (exact) mass is 967 g/mol. The molecule has 0 spiro atoms. The van der Waals surface area contributed by atoms with Gasteiger partial charge in [0.1, 0.15) is 11.4 Å². The van der Waals surface area contributed by atoms with Gasteiger partial charge in [-0.3, -0.25) is 0 Å². The fraction of sp³-hybridized carbons (Fsp3) is 0.306. The maximum Gasteiger partial charge on any atom is 0 e. The molecule has 2 aliphatic rings. The van der Waals surface area contributed by atoms with Gasteiger partial charge >= 0.3 is 137 Å². The van der Waals surface area contributed by atoms with Gasteiger partial charge in [-0.05, 0) is 53.4 Å². The molecule has 2 aliphatic carbocycles. The molecule has 3 aromatic heterocycles. The van der Waals surface area contributed by atoms with E-state index in [4.69, 9.17) is 4.42 Å². The summed E-state index contributed by atoms with van der Waals surface area (Å²) in [5, 5.41) is 2.06. The SMILES string of the molecule is Fc1ccc(-c2cccc3oc4c(-c5cc(CC6CCCC6)ccn5)[c-]ccc4c23)cc1.[CH3][Ge]([CH3])([CH3])[c]1ccc(-c2[c-]cc(C3CCCCC3)cc2)nc1.[Ir]. The van der Waals surface area contributed by atoms with Crippen LogP contribution < -0.4 is 4.40 Å². The molecule has 55 heavy (non-hydrogen) atoms. The van der Waals surface area contributed by atoms with Crippen molar-refractivity contribution in [2.75, 3.05) is 0 Å². The summed E-state index contributed by atoms with van der Waals surface area (Å²) in [6.07, 6.45) is 17.3. The number of furan rings is 1. The summed E-state index contributed by atoms with van der Waals surface area (Å²) >= 11 is -1.76. The third-order valence-electron chi connectivity index (χ3n) is 11.5. The minimum Gasteiger partial charge on any atom is 0 e. The minimum absolute atomic E-state index is 0. The van der Waals surface area contributed by atoms with Crippen molar-refractivity contribution >= 4 is 39.6 Å². The molecule has 0 aliphatic heterocycles. The van der Waals surface area contributed by atoms with E-state index in [0.717, 1.165) is 73.8 Å². The first-order chi connectivity index (χ1) is 26.3. The van der Waals surface area contributed by atoms with Crippen molar-refractivity contribution in [2.24, 2.45) is 5.92 Å². The van der Waals surface area contributed by atoms with E-state index >= 15 is 0 Å². The number of aromatic nitrogens is 2. The van der Waals surface area contributed by atoms with Crippen molar-refractivity contribution in [3.8, 4) is 33.6 Å². The molecule has 283 valence electrons. The van der Waals surface area contributed by atoms with Crippen LogP contribution in [0.1, 0.15) is 74.8 Å². The molecule has 7 aromatic rings. The normalized spacial score (nSPS) is 15.1. The molecule has 4 aromatic carbocycles. The Bertz CT molecular complexity index is 2330. The Labute approximate surface area is 341 Å². The van der Waals surface area contributed by atoms with Gasteiger partial charge in [-0.1, -0.05) is 72.5 Å². The predicted molar refractivity (Wildman–Crippen MR) is 224 cm³/mol. The van der Waals surface area contributed by atoms with Crippen molar-refractivity contribution in [2.45, 2.75) is 87.4 Å². The van der Waals surface area contributed by atoms with Crippen LogP contribution in [0.5, 0.6) is 0 Å². The number of hydrogen-bond acceptors (Lipinski definition) is 3. The molecule has 2 fully saturated rings. The molecule has 0 atom stereocenters. The van der Waals surface area contributed by atoms with Crippen molar-refractivity contribution in [3.63, 3.8) is 0 Å². The number of hydrogen-bond donors (Lipinski definition) is 0. The predicted octanol–water partition coefficient (Wildman–Crippen LogP) is 13.1. The number of benzene rings is 4. The van der Waals surface area contributed by atoms with Gasteiger partial charge in [-0.15, -0.1) is 18.2 Å². The van der Waals surface area contributed by atoms with Crippen molar-refractivity contribution in [1.82, 2.24) is 9.97 Å². The topological polar surface area (TPSA) is 38.9 Å². The van der Waals surface area contributed by atoms with Gasteiger partial charge in [-0.2, -0.15) is 0 Å². The van der Waals surface area contributed by atoms with Crippen molar-refractivity contribution in [1.29, 1.82) is 0 Å². The summed E-state index contributed by atoms with van der Waals surface area (Å²) in [4.78, 5) is 9.34. The van der Waals surface area contributed by atoms with E-state index in [1.807, 2.05) is 42.6 Å². The molecule has 0 unspecified atom stereocenters. The Hall–Kier alpha value is -3.90. The Morgan fingerprint density at radius 3 is 2.27 bits per heavy atom. The van der Waals surface area contributed by atoms with E-state index in [1.165, 1.54) is 85.4 Å². The van der Waals surface area contributed by atoms with Gasteiger partial charge < -0.3 is 9.40 Å². The van der Waals surface area contributed by atoms with Gasteiger partial charge in [0.05, 0.1) is 5.58 Å². The Kier molecular flexibility index (Phi) is 12.5. The van der Waals surface area contributed by atoms with Crippen LogP contribution in [0.15, 0.2) is 114 Å². The Morgan fingerprint density at radius 1 is 0.782 bits per heavy atom. The second kappa shape index (κ2) is 17.5. The first-order valence-corrected chi connectivity index (χ1v) is 27.2. The quantitative estimate of drug-likeness (QED) is 0.118. The number of pyridine rings is 2. The van der Waals surface area contributed by atoms with E-state index in [2.05, 4.69) is 94.1 Å². The van der Waals surface area contributed by atoms with Crippen LogP contribution in [0.25, 0.3) is 55.6 Å².